The second-order valence-corrected chi connectivity index (χ2v) is 4.73. The lowest BCUT2D eigenvalue weighted by Gasteiger charge is -2.24. The highest BCUT2D eigenvalue weighted by Crippen LogP contribution is 2.23. The fourth-order valence-corrected chi connectivity index (χ4v) is 2.05. The Kier molecular flexibility index (Phi) is 3.61. The number of hydrogen-bond acceptors (Lipinski definition) is 4. The highest BCUT2D eigenvalue weighted by molar-refractivity contribution is 4.73. The van der Waals surface area contributed by atoms with Gasteiger partial charge in [-0.1, -0.05) is 0 Å². The lowest BCUT2D eigenvalue weighted by Crippen LogP contribution is -2.34. The van der Waals surface area contributed by atoms with E-state index in [9.17, 15) is 0 Å². The van der Waals surface area contributed by atoms with Crippen LogP contribution >= 0.6 is 0 Å². The first kappa shape index (κ1) is 11.3. The lowest BCUT2D eigenvalue weighted by molar-refractivity contribution is -0.148. The van der Waals surface area contributed by atoms with Crippen molar-refractivity contribution in [1.29, 1.82) is 0 Å². The molecule has 0 aromatic rings. The van der Waals surface area contributed by atoms with Gasteiger partial charge in [-0.05, 0) is 39.8 Å². The van der Waals surface area contributed by atoms with Gasteiger partial charge in [0.1, 0.15) is 6.10 Å². The molecule has 1 atom stereocenters. The summed E-state index contributed by atoms with van der Waals surface area (Å²) in [6, 6.07) is 0. The Hall–Kier alpha value is -0.160. The first-order valence-corrected chi connectivity index (χ1v) is 5.80. The van der Waals surface area contributed by atoms with E-state index in [0.29, 0.717) is 19.3 Å². The zero-order valence-corrected chi connectivity index (χ0v) is 9.62. The number of nitrogens with one attached hydrogen (secondary N) is 1. The first-order chi connectivity index (χ1) is 7.16. The molecule has 0 spiro atoms. The summed E-state index contributed by atoms with van der Waals surface area (Å²) in [7, 11) is 0. The van der Waals surface area contributed by atoms with Crippen molar-refractivity contribution >= 4 is 0 Å². The molecule has 2 fully saturated rings. The van der Waals surface area contributed by atoms with E-state index in [1.165, 1.54) is 0 Å². The number of ether oxygens (including phenoxy) is 3. The third-order valence-electron chi connectivity index (χ3n) is 2.87. The first-order valence-electron chi connectivity index (χ1n) is 5.80. The molecule has 0 saturated carbocycles. The quantitative estimate of drug-likeness (QED) is 0.759. The zero-order valence-electron chi connectivity index (χ0n) is 9.62. The van der Waals surface area contributed by atoms with Gasteiger partial charge in [-0.15, -0.1) is 0 Å². The van der Waals surface area contributed by atoms with Crippen molar-refractivity contribution in [3.05, 3.63) is 0 Å². The van der Waals surface area contributed by atoms with E-state index in [0.717, 1.165) is 25.9 Å². The van der Waals surface area contributed by atoms with Crippen LogP contribution in [0.1, 0.15) is 26.7 Å². The van der Waals surface area contributed by atoms with Gasteiger partial charge in [-0.25, -0.2) is 0 Å². The Morgan fingerprint density at radius 3 is 2.67 bits per heavy atom. The van der Waals surface area contributed by atoms with E-state index in [2.05, 4.69) is 5.32 Å². The molecule has 0 amide bonds. The van der Waals surface area contributed by atoms with E-state index in [4.69, 9.17) is 14.2 Å². The van der Waals surface area contributed by atoms with Crippen LogP contribution in [-0.2, 0) is 14.2 Å². The highest BCUT2D eigenvalue weighted by atomic mass is 16.7. The molecule has 0 bridgehead atoms. The maximum absolute atomic E-state index is 5.82. The molecular weight excluding hydrogens is 194 g/mol. The molecule has 4 heteroatoms. The molecular formula is C11H21NO3. The van der Waals surface area contributed by atoms with Gasteiger partial charge in [0.2, 0.25) is 0 Å². The van der Waals surface area contributed by atoms with Gasteiger partial charge in [-0.2, -0.15) is 0 Å². The highest BCUT2D eigenvalue weighted by Gasteiger charge is 2.33. The summed E-state index contributed by atoms with van der Waals surface area (Å²) in [5.74, 6) is -0.428. The zero-order chi connectivity index (χ0) is 10.7. The summed E-state index contributed by atoms with van der Waals surface area (Å²) in [5.41, 5.74) is 0. The smallest absolute Gasteiger partial charge is 0.163 e. The standard InChI is InChI=1S/C11H21NO3/c1-11(2)14-8-10(15-11)7-13-9-3-5-12-6-4-9/h9-10,12H,3-8H2,1-2H3. The van der Waals surface area contributed by atoms with E-state index in [-0.39, 0.29) is 6.10 Å². The van der Waals surface area contributed by atoms with Crippen LogP contribution in [0.4, 0.5) is 0 Å². The third-order valence-corrected chi connectivity index (χ3v) is 2.87. The van der Waals surface area contributed by atoms with Gasteiger partial charge in [0.25, 0.3) is 0 Å². The van der Waals surface area contributed by atoms with Crippen LogP contribution in [0.2, 0.25) is 0 Å². The van der Waals surface area contributed by atoms with Crippen molar-refractivity contribution in [2.75, 3.05) is 26.3 Å². The minimum absolute atomic E-state index is 0.106. The van der Waals surface area contributed by atoms with Gasteiger partial charge in [0.15, 0.2) is 5.79 Å². The average Bonchev–Trinajstić information content (AvgIpc) is 2.57. The van der Waals surface area contributed by atoms with Gasteiger partial charge >= 0.3 is 0 Å². The minimum atomic E-state index is -0.428. The number of hydrogen-bond donors (Lipinski definition) is 1. The number of rotatable bonds is 3. The second-order valence-electron chi connectivity index (χ2n) is 4.73. The molecule has 0 aromatic heterocycles. The maximum Gasteiger partial charge on any atom is 0.163 e. The van der Waals surface area contributed by atoms with Crippen molar-refractivity contribution < 1.29 is 14.2 Å². The van der Waals surface area contributed by atoms with E-state index in [1.54, 1.807) is 0 Å². The largest absolute Gasteiger partial charge is 0.375 e. The summed E-state index contributed by atoms with van der Waals surface area (Å²) in [4.78, 5) is 0. The van der Waals surface area contributed by atoms with Crippen molar-refractivity contribution in [2.45, 2.75) is 44.7 Å². The molecule has 1 unspecified atom stereocenters. The molecule has 2 heterocycles. The minimum Gasteiger partial charge on any atom is -0.375 e. The van der Waals surface area contributed by atoms with Crippen LogP contribution in [0, 0.1) is 0 Å². The molecule has 15 heavy (non-hydrogen) atoms. The Bertz CT molecular complexity index is 202. The SMILES string of the molecule is CC1(C)OCC(COC2CCNCC2)O1. The van der Waals surface area contributed by atoms with Crippen LogP contribution in [0.5, 0.6) is 0 Å². The molecule has 88 valence electrons. The Balaban J connectivity index is 1.65. The number of piperidine rings is 1. The second kappa shape index (κ2) is 4.78. The van der Waals surface area contributed by atoms with Crippen molar-refractivity contribution in [3.8, 4) is 0 Å². The van der Waals surface area contributed by atoms with Crippen LogP contribution in [-0.4, -0.2) is 44.3 Å². The summed E-state index contributed by atoms with van der Waals surface area (Å²) < 4.78 is 17.0. The Morgan fingerprint density at radius 2 is 2.07 bits per heavy atom. The van der Waals surface area contributed by atoms with Crippen LogP contribution < -0.4 is 5.32 Å². The van der Waals surface area contributed by atoms with E-state index in [1.807, 2.05) is 13.8 Å². The molecule has 0 aromatic carbocycles. The van der Waals surface area contributed by atoms with Gasteiger partial charge in [0, 0.05) is 0 Å². The summed E-state index contributed by atoms with van der Waals surface area (Å²) in [5, 5.41) is 3.32. The predicted molar refractivity (Wildman–Crippen MR) is 56.7 cm³/mol. The molecule has 4 nitrogen and oxygen atoms in total. The van der Waals surface area contributed by atoms with E-state index >= 15 is 0 Å². The fraction of sp³-hybridized carbons (Fsp3) is 1.00. The summed E-state index contributed by atoms with van der Waals surface area (Å²) >= 11 is 0. The molecule has 2 aliphatic rings. The topological polar surface area (TPSA) is 39.7 Å². The van der Waals surface area contributed by atoms with Crippen molar-refractivity contribution in [3.63, 3.8) is 0 Å². The van der Waals surface area contributed by atoms with Crippen LogP contribution in [0.15, 0.2) is 0 Å². The molecule has 1 N–H and O–H groups in total. The average molecular weight is 215 g/mol. The van der Waals surface area contributed by atoms with Crippen molar-refractivity contribution in [2.24, 2.45) is 0 Å². The normalized spacial score (nSPS) is 32.0. The fourth-order valence-electron chi connectivity index (χ4n) is 2.05. The Labute approximate surface area is 91.3 Å². The van der Waals surface area contributed by atoms with Crippen LogP contribution in [0.3, 0.4) is 0 Å². The van der Waals surface area contributed by atoms with Crippen molar-refractivity contribution in [1.82, 2.24) is 5.32 Å². The molecule has 0 aliphatic carbocycles. The monoisotopic (exact) mass is 215 g/mol. The van der Waals surface area contributed by atoms with Crippen LogP contribution in [0.25, 0.3) is 0 Å². The van der Waals surface area contributed by atoms with Gasteiger partial charge in [0.05, 0.1) is 19.3 Å². The molecule has 2 saturated heterocycles. The lowest BCUT2D eigenvalue weighted by atomic mass is 10.1. The van der Waals surface area contributed by atoms with E-state index < -0.39 is 5.79 Å². The summed E-state index contributed by atoms with van der Waals surface area (Å²) in [6.07, 6.45) is 2.72. The summed E-state index contributed by atoms with van der Waals surface area (Å²) in [6.45, 7) is 7.33. The Morgan fingerprint density at radius 1 is 1.33 bits per heavy atom. The van der Waals surface area contributed by atoms with Gasteiger partial charge in [-0.3, -0.25) is 0 Å². The predicted octanol–water partition coefficient (Wildman–Crippen LogP) is 0.906. The van der Waals surface area contributed by atoms with Gasteiger partial charge < -0.3 is 19.5 Å². The molecule has 2 rings (SSSR count). The maximum atomic E-state index is 5.82. The molecule has 0 radical (unpaired) electrons. The molecule has 2 aliphatic heterocycles. The third kappa shape index (κ3) is 3.41.